The molecule has 0 unspecified atom stereocenters. The lowest BCUT2D eigenvalue weighted by Gasteiger charge is -2.06. The molecule has 0 fully saturated rings. The standard InChI is InChI=1S/C13H10FNO2/c14-8-5-6-11(15)10(7-8)13(17)9-3-1-2-4-12(9)16/h1-7,16H,15H2. The Hall–Kier alpha value is -2.36. The molecule has 2 aromatic carbocycles. The van der Waals surface area contributed by atoms with Crippen molar-refractivity contribution >= 4 is 11.5 Å². The maximum absolute atomic E-state index is 13.1. The van der Waals surface area contributed by atoms with Crippen LogP contribution in [0.4, 0.5) is 10.1 Å². The van der Waals surface area contributed by atoms with Gasteiger partial charge in [0.25, 0.3) is 0 Å². The number of benzene rings is 2. The Bertz CT molecular complexity index is 581. The number of carbonyl (C=O) groups is 1. The van der Waals surface area contributed by atoms with Crippen LogP contribution in [0.15, 0.2) is 42.5 Å². The lowest BCUT2D eigenvalue weighted by molar-refractivity contribution is 0.103. The average molecular weight is 231 g/mol. The fourth-order valence-corrected chi connectivity index (χ4v) is 1.54. The van der Waals surface area contributed by atoms with Gasteiger partial charge in [0.05, 0.1) is 5.56 Å². The highest BCUT2D eigenvalue weighted by Gasteiger charge is 2.16. The average Bonchev–Trinajstić information content (AvgIpc) is 2.32. The topological polar surface area (TPSA) is 63.3 Å². The van der Waals surface area contributed by atoms with Gasteiger partial charge in [-0.15, -0.1) is 0 Å². The van der Waals surface area contributed by atoms with Crippen LogP contribution >= 0.6 is 0 Å². The Morgan fingerprint density at radius 2 is 1.82 bits per heavy atom. The van der Waals surface area contributed by atoms with Crippen molar-refractivity contribution in [1.29, 1.82) is 0 Å². The van der Waals surface area contributed by atoms with Crippen LogP contribution in [0.5, 0.6) is 5.75 Å². The number of phenolic OH excluding ortho intramolecular Hbond substituents is 1. The largest absolute Gasteiger partial charge is 0.507 e. The SMILES string of the molecule is Nc1ccc(F)cc1C(=O)c1ccccc1O. The number of nitrogen functional groups attached to an aromatic ring is 1. The van der Waals surface area contributed by atoms with E-state index in [9.17, 15) is 14.3 Å². The number of aromatic hydroxyl groups is 1. The first kappa shape index (κ1) is 11.1. The molecular weight excluding hydrogens is 221 g/mol. The lowest BCUT2D eigenvalue weighted by Crippen LogP contribution is -2.06. The van der Waals surface area contributed by atoms with E-state index in [-0.39, 0.29) is 22.6 Å². The van der Waals surface area contributed by atoms with Crippen LogP contribution in [0, 0.1) is 5.82 Å². The van der Waals surface area contributed by atoms with Crippen LogP contribution in [-0.4, -0.2) is 10.9 Å². The van der Waals surface area contributed by atoms with Crippen LogP contribution in [0.1, 0.15) is 15.9 Å². The summed E-state index contributed by atoms with van der Waals surface area (Å²) in [5, 5.41) is 9.55. The Balaban J connectivity index is 2.51. The highest BCUT2D eigenvalue weighted by Crippen LogP contribution is 2.23. The first-order valence-electron chi connectivity index (χ1n) is 4.97. The van der Waals surface area contributed by atoms with Crippen molar-refractivity contribution in [1.82, 2.24) is 0 Å². The van der Waals surface area contributed by atoms with Crippen LogP contribution in [0.3, 0.4) is 0 Å². The summed E-state index contributed by atoms with van der Waals surface area (Å²) in [7, 11) is 0. The number of ketones is 1. The van der Waals surface area contributed by atoms with E-state index in [1.807, 2.05) is 0 Å². The number of para-hydroxylation sites is 1. The molecule has 0 heterocycles. The maximum Gasteiger partial charge on any atom is 0.198 e. The maximum atomic E-state index is 13.1. The third-order valence-electron chi connectivity index (χ3n) is 2.41. The zero-order valence-corrected chi connectivity index (χ0v) is 8.85. The number of rotatable bonds is 2. The van der Waals surface area contributed by atoms with Crippen LogP contribution < -0.4 is 5.73 Å². The van der Waals surface area contributed by atoms with Gasteiger partial charge in [-0.1, -0.05) is 12.1 Å². The third-order valence-corrected chi connectivity index (χ3v) is 2.41. The Morgan fingerprint density at radius 1 is 1.12 bits per heavy atom. The summed E-state index contributed by atoms with van der Waals surface area (Å²) in [6, 6.07) is 9.62. The molecule has 0 radical (unpaired) electrons. The molecule has 86 valence electrons. The molecule has 2 aromatic rings. The van der Waals surface area contributed by atoms with Crippen molar-refractivity contribution in [3.05, 3.63) is 59.4 Å². The fourth-order valence-electron chi connectivity index (χ4n) is 1.54. The van der Waals surface area contributed by atoms with Gasteiger partial charge in [-0.3, -0.25) is 4.79 Å². The van der Waals surface area contributed by atoms with Gasteiger partial charge >= 0.3 is 0 Å². The van der Waals surface area contributed by atoms with Gasteiger partial charge in [0.1, 0.15) is 11.6 Å². The van der Waals surface area contributed by atoms with Gasteiger partial charge in [-0.2, -0.15) is 0 Å². The molecule has 2 rings (SSSR count). The second-order valence-corrected chi connectivity index (χ2v) is 3.58. The normalized spacial score (nSPS) is 10.2. The van der Waals surface area contributed by atoms with Crippen molar-refractivity contribution < 1.29 is 14.3 Å². The number of hydrogen-bond acceptors (Lipinski definition) is 3. The summed E-state index contributed by atoms with van der Waals surface area (Å²) >= 11 is 0. The number of carbonyl (C=O) groups excluding carboxylic acids is 1. The first-order valence-corrected chi connectivity index (χ1v) is 4.97. The van der Waals surface area contributed by atoms with E-state index in [2.05, 4.69) is 0 Å². The predicted octanol–water partition coefficient (Wildman–Crippen LogP) is 2.34. The van der Waals surface area contributed by atoms with Crippen LogP contribution in [0.25, 0.3) is 0 Å². The Kier molecular flexibility index (Phi) is 2.78. The van der Waals surface area contributed by atoms with E-state index < -0.39 is 11.6 Å². The van der Waals surface area contributed by atoms with Crippen molar-refractivity contribution in [2.75, 3.05) is 5.73 Å². The number of phenols is 1. The number of nitrogens with two attached hydrogens (primary N) is 1. The van der Waals surface area contributed by atoms with Gasteiger partial charge in [0.15, 0.2) is 5.78 Å². The van der Waals surface area contributed by atoms with Gasteiger partial charge < -0.3 is 10.8 Å². The molecule has 0 aromatic heterocycles. The summed E-state index contributed by atoms with van der Waals surface area (Å²) in [5.74, 6) is -1.20. The Labute approximate surface area is 97.3 Å². The van der Waals surface area contributed by atoms with Crippen molar-refractivity contribution in [3.8, 4) is 5.75 Å². The van der Waals surface area contributed by atoms with Gasteiger partial charge in [-0.05, 0) is 30.3 Å². The molecule has 0 aliphatic rings. The molecular formula is C13H10FNO2. The predicted molar refractivity (Wildman–Crippen MR) is 62.4 cm³/mol. The Morgan fingerprint density at radius 3 is 2.53 bits per heavy atom. The summed E-state index contributed by atoms with van der Waals surface area (Å²) in [4.78, 5) is 12.0. The zero-order valence-electron chi connectivity index (χ0n) is 8.85. The van der Waals surface area contributed by atoms with Crippen LogP contribution in [0.2, 0.25) is 0 Å². The van der Waals surface area contributed by atoms with Crippen molar-refractivity contribution in [3.63, 3.8) is 0 Å². The minimum Gasteiger partial charge on any atom is -0.507 e. The second-order valence-electron chi connectivity index (χ2n) is 3.58. The first-order chi connectivity index (χ1) is 8.09. The minimum atomic E-state index is -0.544. The quantitative estimate of drug-likeness (QED) is 0.616. The number of halogens is 1. The molecule has 3 N–H and O–H groups in total. The van der Waals surface area contributed by atoms with E-state index >= 15 is 0 Å². The van der Waals surface area contributed by atoms with Gasteiger partial charge in [0, 0.05) is 11.3 Å². The molecule has 0 amide bonds. The molecule has 0 atom stereocenters. The molecule has 0 spiro atoms. The molecule has 0 aliphatic carbocycles. The third kappa shape index (κ3) is 2.10. The summed E-state index contributed by atoms with van der Waals surface area (Å²) < 4.78 is 13.1. The molecule has 4 heteroatoms. The minimum absolute atomic E-state index is 0.0477. The van der Waals surface area contributed by atoms with E-state index in [0.717, 1.165) is 6.07 Å². The zero-order chi connectivity index (χ0) is 12.4. The van der Waals surface area contributed by atoms with E-state index in [4.69, 9.17) is 5.73 Å². The second kappa shape index (κ2) is 4.25. The van der Waals surface area contributed by atoms with E-state index in [1.165, 1.54) is 24.3 Å². The van der Waals surface area contributed by atoms with Crippen molar-refractivity contribution in [2.45, 2.75) is 0 Å². The molecule has 17 heavy (non-hydrogen) atoms. The van der Waals surface area contributed by atoms with Gasteiger partial charge in [-0.25, -0.2) is 4.39 Å². The number of hydrogen-bond donors (Lipinski definition) is 2. The van der Waals surface area contributed by atoms with Gasteiger partial charge in [0.2, 0.25) is 0 Å². The molecule has 0 bridgehead atoms. The molecule has 0 aliphatic heterocycles. The smallest absolute Gasteiger partial charge is 0.198 e. The monoisotopic (exact) mass is 231 g/mol. The molecule has 0 saturated heterocycles. The van der Waals surface area contributed by atoms with E-state index in [0.29, 0.717) is 0 Å². The fraction of sp³-hybridized carbons (Fsp3) is 0. The molecule has 3 nitrogen and oxygen atoms in total. The summed E-state index contributed by atoms with van der Waals surface area (Å²) in [6.07, 6.45) is 0. The van der Waals surface area contributed by atoms with Crippen LogP contribution in [-0.2, 0) is 0 Å². The van der Waals surface area contributed by atoms with Crippen molar-refractivity contribution in [2.24, 2.45) is 0 Å². The van der Waals surface area contributed by atoms with E-state index in [1.54, 1.807) is 12.1 Å². The summed E-state index contributed by atoms with van der Waals surface area (Å²) in [5.41, 5.74) is 5.94. The molecule has 0 saturated carbocycles. The summed E-state index contributed by atoms with van der Waals surface area (Å²) in [6.45, 7) is 0. The number of anilines is 1. The lowest BCUT2D eigenvalue weighted by atomic mass is 10.0. The highest BCUT2D eigenvalue weighted by molar-refractivity contribution is 6.13. The highest BCUT2D eigenvalue weighted by atomic mass is 19.1.